The van der Waals surface area contributed by atoms with E-state index in [1.54, 1.807) is 6.20 Å². The number of benzene rings is 1. The van der Waals surface area contributed by atoms with Gasteiger partial charge < -0.3 is 9.47 Å². The van der Waals surface area contributed by atoms with Gasteiger partial charge in [0.05, 0.1) is 11.1 Å². The fourth-order valence-electron chi connectivity index (χ4n) is 3.52. The van der Waals surface area contributed by atoms with Gasteiger partial charge in [0.1, 0.15) is 5.82 Å². The third kappa shape index (κ3) is 4.55. The molecule has 0 saturated carbocycles. The average molecular weight is 394 g/mol. The van der Waals surface area contributed by atoms with Crippen LogP contribution in [0, 0.1) is 0 Å². The van der Waals surface area contributed by atoms with E-state index in [1.165, 1.54) is 23.1 Å². The minimum Gasteiger partial charge on any atom is -0.336 e. The molecule has 0 spiro atoms. The summed E-state index contributed by atoms with van der Waals surface area (Å²) in [6, 6.07) is 4.99. The molecule has 5 nitrogen and oxygen atoms in total. The van der Waals surface area contributed by atoms with Gasteiger partial charge in [-0.2, -0.15) is 13.2 Å². The number of carbonyl (C=O) groups is 1. The summed E-state index contributed by atoms with van der Waals surface area (Å²) in [6.07, 6.45) is -0.778. The van der Waals surface area contributed by atoms with E-state index >= 15 is 0 Å². The van der Waals surface area contributed by atoms with Crippen LogP contribution in [-0.2, 0) is 12.7 Å². The molecule has 28 heavy (non-hydrogen) atoms. The SMILES string of the molecule is CC(C)c1nccn1CCN1CCN(C(=O)c2ccccc2C(F)(F)F)CC1. The standard InChI is InChI=1S/C20H25F3N4O/c1-15(2)18-24-7-8-26(18)12-9-25-10-13-27(14-11-25)19(28)16-5-3-4-6-17(16)20(21,22)23/h3-8,15H,9-14H2,1-2H3. The maximum Gasteiger partial charge on any atom is 0.417 e. The highest BCUT2D eigenvalue weighted by Gasteiger charge is 2.36. The van der Waals surface area contributed by atoms with Crippen molar-refractivity contribution in [3.63, 3.8) is 0 Å². The molecule has 2 aromatic rings. The number of hydrogen-bond acceptors (Lipinski definition) is 3. The maximum atomic E-state index is 13.2. The zero-order chi connectivity index (χ0) is 20.3. The van der Waals surface area contributed by atoms with Gasteiger partial charge in [0.15, 0.2) is 0 Å². The molecule has 0 atom stereocenters. The van der Waals surface area contributed by atoms with Crippen molar-refractivity contribution in [2.24, 2.45) is 0 Å². The summed E-state index contributed by atoms with van der Waals surface area (Å²) in [7, 11) is 0. The Morgan fingerprint density at radius 2 is 1.79 bits per heavy atom. The highest BCUT2D eigenvalue weighted by Crippen LogP contribution is 2.32. The third-order valence-corrected chi connectivity index (χ3v) is 5.04. The number of hydrogen-bond donors (Lipinski definition) is 0. The Labute approximate surface area is 162 Å². The molecular formula is C20H25F3N4O. The number of piperazine rings is 1. The largest absolute Gasteiger partial charge is 0.417 e. The van der Waals surface area contributed by atoms with Crippen molar-refractivity contribution in [3.05, 3.63) is 53.6 Å². The predicted molar refractivity (Wildman–Crippen MR) is 100 cm³/mol. The molecule has 1 saturated heterocycles. The Kier molecular flexibility index (Phi) is 6.07. The Balaban J connectivity index is 1.57. The molecule has 1 amide bonds. The lowest BCUT2D eigenvalue weighted by atomic mass is 10.1. The summed E-state index contributed by atoms with van der Waals surface area (Å²) in [5.74, 6) is 0.833. The molecule has 0 radical (unpaired) electrons. The molecule has 2 heterocycles. The van der Waals surface area contributed by atoms with E-state index in [1.807, 2.05) is 6.20 Å². The van der Waals surface area contributed by atoms with Gasteiger partial charge in [0, 0.05) is 57.6 Å². The molecule has 1 aliphatic heterocycles. The Hall–Kier alpha value is -2.35. The molecule has 0 aliphatic carbocycles. The van der Waals surface area contributed by atoms with E-state index in [-0.39, 0.29) is 5.56 Å². The minimum atomic E-state index is -4.53. The van der Waals surface area contributed by atoms with Crippen LogP contribution in [-0.4, -0.2) is 58.0 Å². The molecule has 0 bridgehead atoms. The molecule has 1 fully saturated rings. The fourth-order valence-corrected chi connectivity index (χ4v) is 3.52. The zero-order valence-corrected chi connectivity index (χ0v) is 16.1. The summed E-state index contributed by atoms with van der Waals surface area (Å²) >= 11 is 0. The van der Waals surface area contributed by atoms with Crippen molar-refractivity contribution in [1.29, 1.82) is 0 Å². The van der Waals surface area contributed by atoms with Crippen LogP contribution in [0.5, 0.6) is 0 Å². The maximum absolute atomic E-state index is 13.2. The fraction of sp³-hybridized carbons (Fsp3) is 0.500. The molecular weight excluding hydrogens is 369 g/mol. The minimum absolute atomic E-state index is 0.275. The molecule has 1 aliphatic rings. The number of rotatable bonds is 5. The smallest absolute Gasteiger partial charge is 0.336 e. The molecule has 0 N–H and O–H groups in total. The molecule has 1 aromatic heterocycles. The highest BCUT2D eigenvalue weighted by atomic mass is 19.4. The van der Waals surface area contributed by atoms with Gasteiger partial charge in [0.2, 0.25) is 0 Å². The topological polar surface area (TPSA) is 41.4 Å². The van der Waals surface area contributed by atoms with E-state index in [0.717, 1.165) is 25.0 Å². The average Bonchev–Trinajstić information content (AvgIpc) is 3.14. The summed E-state index contributed by atoms with van der Waals surface area (Å²) in [5, 5.41) is 0. The zero-order valence-electron chi connectivity index (χ0n) is 16.1. The van der Waals surface area contributed by atoms with E-state index in [0.29, 0.717) is 32.1 Å². The van der Waals surface area contributed by atoms with Gasteiger partial charge in [0.25, 0.3) is 5.91 Å². The monoisotopic (exact) mass is 394 g/mol. The Morgan fingerprint density at radius 1 is 1.11 bits per heavy atom. The first-order chi connectivity index (χ1) is 13.3. The first-order valence-corrected chi connectivity index (χ1v) is 9.46. The van der Waals surface area contributed by atoms with Crippen LogP contribution in [0.4, 0.5) is 13.2 Å². The Bertz CT molecular complexity index is 808. The van der Waals surface area contributed by atoms with Crippen molar-refractivity contribution in [2.75, 3.05) is 32.7 Å². The van der Waals surface area contributed by atoms with Crippen molar-refractivity contribution < 1.29 is 18.0 Å². The normalized spacial score (nSPS) is 16.0. The number of nitrogens with zero attached hydrogens (tertiary/aromatic N) is 4. The number of halogens is 3. The predicted octanol–water partition coefficient (Wildman–Crippen LogP) is 3.48. The lowest BCUT2D eigenvalue weighted by Gasteiger charge is -2.35. The first-order valence-electron chi connectivity index (χ1n) is 9.46. The Morgan fingerprint density at radius 3 is 2.43 bits per heavy atom. The van der Waals surface area contributed by atoms with Crippen molar-refractivity contribution in [3.8, 4) is 0 Å². The second-order valence-electron chi connectivity index (χ2n) is 7.31. The summed E-state index contributed by atoms with van der Waals surface area (Å²) in [5.41, 5.74) is -1.15. The molecule has 3 rings (SSSR count). The van der Waals surface area contributed by atoms with Crippen LogP contribution < -0.4 is 0 Å². The lowest BCUT2D eigenvalue weighted by Crippen LogP contribution is -2.49. The highest BCUT2D eigenvalue weighted by molar-refractivity contribution is 5.96. The quantitative estimate of drug-likeness (QED) is 0.780. The van der Waals surface area contributed by atoms with Crippen LogP contribution in [0.1, 0.15) is 41.5 Å². The second kappa shape index (κ2) is 8.34. The number of aromatic nitrogens is 2. The van der Waals surface area contributed by atoms with E-state index in [4.69, 9.17) is 0 Å². The van der Waals surface area contributed by atoms with Crippen molar-refractivity contribution >= 4 is 5.91 Å². The van der Waals surface area contributed by atoms with Gasteiger partial charge in [-0.3, -0.25) is 9.69 Å². The van der Waals surface area contributed by atoms with Gasteiger partial charge >= 0.3 is 6.18 Å². The molecule has 152 valence electrons. The van der Waals surface area contributed by atoms with Crippen LogP contribution >= 0.6 is 0 Å². The lowest BCUT2D eigenvalue weighted by molar-refractivity contribution is -0.138. The van der Waals surface area contributed by atoms with E-state index in [9.17, 15) is 18.0 Å². The number of amides is 1. The summed E-state index contributed by atoms with van der Waals surface area (Å²) < 4.78 is 41.7. The summed E-state index contributed by atoms with van der Waals surface area (Å²) in [4.78, 5) is 20.7. The number of imidazole rings is 1. The molecule has 8 heteroatoms. The van der Waals surface area contributed by atoms with Crippen LogP contribution in [0.3, 0.4) is 0 Å². The summed E-state index contributed by atoms with van der Waals surface area (Å²) in [6.45, 7) is 7.95. The van der Waals surface area contributed by atoms with Gasteiger partial charge in [-0.1, -0.05) is 26.0 Å². The second-order valence-corrected chi connectivity index (χ2v) is 7.31. The van der Waals surface area contributed by atoms with E-state index < -0.39 is 17.6 Å². The molecule has 1 aromatic carbocycles. The number of carbonyl (C=O) groups excluding carboxylic acids is 1. The van der Waals surface area contributed by atoms with Gasteiger partial charge in [-0.25, -0.2) is 4.98 Å². The van der Waals surface area contributed by atoms with Crippen LogP contribution in [0.25, 0.3) is 0 Å². The third-order valence-electron chi connectivity index (χ3n) is 5.04. The van der Waals surface area contributed by atoms with Crippen LogP contribution in [0.2, 0.25) is 0 Å². The first kappa shape index (κ1) is 20.4. The van der Waals surface area contributed by atoms with E-state index in [2.05, 4.69) is 28.3 Å². The molecule has 0 unspecified atom stereocenters. The number of alkyl halides is 3. The van der Waals surface area contributed by atoms with Crippen molar-refractivity contribution in [1.82, 2.24) is 19.4 Å². The van der Waals surface area contributed by atoms with Gasteiger partial charge in [-0.15, -0.1) is 0 Å². The van der Waals surface area contributed by atoms with Crippen LogP contribution in [0.15, 0.2) is 36.7 Å². The van der Waals surface area contributed by atoms with Crippen molar-refractivity contribution in [2.45, 2.75) is 32.5 Å². The van der Waals surface area contributed by atoms with Gasteiger partial charge in [-0.05, 0) is 12.1 Å².